The van der Waals surface area contributed by atoms with E-state index in [-0.39, 0.29) is 24.0 Å². The van der Waals surface area contributed by atoms with E-state index < -0.39 is 18.0 Å². The van der Waals surface area contributed by atoms with Gasteiger partial charge in [-0.05, 0) is 17.5 Å². The Hall–Kier alpha value is -2.25. The summed E-state index contributed by atoms with van der Waals surface area (Å²) in [6.45, 7) is 0.177. The topological polar surface area (TPSA) is 58.6 Å². The van der Waals surface area contributed by atoms with Gasteiger partial charge in [-0.3, -0.25) is 9.59 Å². The first-order valence-corrected chi connectivity index (χ1v) is 8.37. The van der Waals surface area contributed by atoms with Gasteiger partial charge in [0.25, 0.3) is 5.91 Å². The van der Waals surface area contributed by atoms with Crippen molar-refractivity contribution >= 4 is 23.2 Å². The maximum atomic E-state index is 14.2. The minimum Gasteiger partial charge on any atom is -0.356 e. The molecule has 1 N–H and O–H groups in total. The van der Waals surface area contributed by atoms with E-state index in [2.05, 4.69) is 5.32 Å². The molecular formula is C17H17FN2O3S. The van der Waals surface area contributed by atoms with E-state index in [1.54, 1.807) is 25.2 Å². The Balaban J connectivity index is 1.82. The Morgan fingerprint density at radius 1 is 1.38 bits per heavy atom. The van der Waals surface area contributed by atoms with Crippen LogP contribution in [-0.4, -0.2) is 36.5 Å². The van der Waals surface area contributed by atoms with Gasteiger partial charge in [0.15, 0.2) is 6.10 Å². The number of nitrogens with zero attached hydrogens (tertiary/aromatic N) is 1. The molecule has 2 atom stereocenters. The zero-order valence-electron chi connectivity index (χ0n) is 13.1. The Bertz CT molecular complexity index is 735. The van der Waals surface area contributed by atoms with Gasteiger partial charge in [-0.1, -0.05) is 24.3 Å². The largest absolute Gasteiger partial charge is 0.356 e. The van der Waals surface area contributed by atoms with Crippen molar-refractivity contribution < 1.29 is 18.7 Å². The van der Waals surface area contributed by atoms with Crippen molar-refractivity contribution in [2.45, 2.75) is 18.7 Å². The van der Waals surface area contributed by atoms with Gasteiger partial charge in [0.05, 0.1) is 12.6 Å². The molecule has 2 heterocycles. The number of thiophene rings is 1. The predicted octanol–water partition coefficient (Wildman–Crippen LogP) is 2.10. The summed E-state index contributed by atoms with van der Waals surface area (Å²) >= 11 is 1.53. The molecule has 1 aromatic carbocycles. The van der Waals surface area contributed by atoms with Crippen LogP contribution in [0.15, 0.2) is 41.8 Å². The lowest BCUT2D eigenvalue weighted by Crippen LogP contribution is -2.53. The average Bonchev–Trinajstić information content (AvgIpc) is 3.09. The van der Waals surface area contributed by atoms with Crippen LogP contribution in [0.1, 0.15) is 16.5 Å². The van der Waals surface area contributed by atoms with Gasteiger partial charge in [0, 0.05) is 17.5 Å². The normalized spacial score (nSPS) is 20.9. The second-order valence-corrected chi connectivity index (χ2v) is 6.53. The highest BCUT2D eigenvalue weighted by molar-refractivity contribution is 7.09. The first-order chi connectivity index (χ1) is 11.6. The van der Waals surface area contributed by atoms with E-state index in [9.17, 15) is 14.0 Å². The molecule has 24 heavy (non-hydrogen) atoms. The first kappa shape index (κ1) is 16.6. The Kier molecular flexibility index (Phi) is 4.92. The van der Waals surface area contributed by atoms with Crippen LogP contribution in [0, 0.1) is 5.82 Å². The summed E-state index contributed by atoms with van der Waals surface area (Å²) < 4.78 is 19.6. The number of amides is 2. The predicted molar refractivity (Wildman–Crippen MR) is 87.8 cm³/mol. The molecule has 2 aromatic rings. The van der Waals surface area contributed by atoms with Gasteiger partial charge >= 0.3 is 0 Å². The fourth-order valence-electron chi connectivity index (χ4n) is 2.71. The van der Waals surface area contributed by atoms with Crippen molar-refractivity contribution in [3.63, 3.8) is 0 Å². The van der Waals surface area contributed by atoms with Gasteiger partial charge < -0.3 is 15.0 Å². The average molecular weight is 348 g/mol. The van der Waals surface area contributed by atoms with Crippen LogP contribution in [0.2, 0.25) is 0 Å². The molecule has 5 nitrogen and oxygen atoms in total. The number of nitrogens with one attached hydrogen (secondary N) is 1. The Morgan fingerprint density at radius 3 is 2.88 bits per heavy atom. The number of hydrogen-bond acceptors (Lipinski definition) is 4. The summed E-state index contributed by atoms with van der Waals surface area (Å²) in [6.07, 6.45) is -0.954. The molecule has 0 radical (unpaired) electrons. The van der Waals surface area contributed by atoms with Crippen LogP contribution in [0.3, 0.4) is 0 Å². The highest BCUT2D eigenvalue weighted by Gasteiger charge is 2.41. The molecule has 1 aliphatic heterocycles. The summed E-state index contributed by atoms with van der Waals surface area (Å²) in [5, 5.41) is 4.72. The number of morpholine rings is 1. The number of carbonyl (C=O) groups excluding carboxylic acids is 2. The minimum absolute atomic E-state index is 0.196. The highest BCUT2D eigenvalue weighted by atomic mass is 32.1. The molecule has 3 rings (SSSR count). The summed E-state index contributed by atoms with van der Waals surface area (Å²) in [7, 11) is 1.56. The SMILES string of the molecule is CN1C(=O)CO[C@H](C(=O)NCc2cccs2)[C@H]1c1ccccc1F. The third-order valence-electron chi connectivity index (χ3n) is 3.98. The second kappa shape index (κ2) is 7.11. The van der Waals surface area contributed by atoms with Gasteiger partial charge in [-0.15, -0.1) is 11.3 Å². The fraction of sp³-hybridized carbons (Fsp3) is 0.294. The van der Waals surface area contributed by atoms with Gasteiger partial charge in [0.2, 0.25) is 5.91 Å². The number of rotatable bonds is 4. The van der Waals surface area contributed by atoms with Crippen LogP contribution in [0.25, 0.3) is 0 Å². The number of benzene rings is 1. The molecule has 0 bridgehead atoms. The highest BCUT2D eigenvalue weighted by Crippen LogP contribution is 2.30. The molecule has 126 valence electrons. The molecule has 0 aliphatic carbocycles. The van der Waals surface area contributed by atoms with Gasteiger partial charge in [0.1, 0.15) is 12.4 Å². The number of ether oxygens (including phenoxy) is 1. The maximum Gasteiger partial charge on any atom is 0.251 e. The van der Waals surface area contributed by atoms with E-state index in [1.165, 1.54) is 22.3 Å². The molecule has 0 spiro atoms. The number of hydrogen-bond donors (Lipinski definition) is 1. The molecule has 1 aliphatic rings. The van der Waals surface area contributed by atoms with Crippen LogP contribution in [-0.2, 0) is 20.9 Å². The molecular weight excluding hydrogens is 331 g/mol. The Labute approximate surface area is 143 Å². The van der Waals surface area contributed by atoms with Crippen LogP contribution >= 0.6 is 11.3 Å². The summed E-state index contributed by atoms with van der Waals surface area (Å²) in [4.78, 5) is 26.9. The number of halogens is 1. The third kappa shape index (κ3) is 3.32. The third-order valence-corrected chi connectivity index (χ3v) is 4.86. The van der Waals surface area contributed by atoms with Crippen LogP contribution < -0.4 is 5.32 Å². The van der Waals surface area contributed by atoms with E-state index in [1.807, 2.05) is 17.5 Å². The van der Waals surface area contributed by atoms with Crippen molar-refractivity contribution in [2.75, 3.05) is 13.7 Å². The van der Waals surface area contributed by atoms with Gasteiger partial charge in [-0.2, -0.15) is 0 Å². The van der Waals surface area contributed by atoms with Crippen molar-refractivity contribution in [1.82, 2.24) is 10.2 Å². The zero-order chi connectivity index (χ0) is 17.1. The van der Waals surface area contributed by atoms with E-state index in [4.69, 9.17) is 4.74 Å². The fourth-order valence-corrected chi connectivity index (χ4v) is 3.35. The molecule has 1 fully saturated rings. The Morgan fingerprint density at radius 2 is 2.17 bits per heavy atom. The lowest BCUT2D eigenvalue weighted by Gasteiger charge is -2.38. The van der Waals surface area contributed by atoms with Crippen molar-refractivity contribution in [1.29, 1.82) is 0 Å². The molecule has 2 amide bonds. The van der Waals surface area contributed by atoms with Crippen molar-refractivity contribution in [3.8, 4) is 0 Å². The summed E-state index contributed by atoms with van der Waals surface area (Å²) in [5.41, 5.74) is 0.268. The standard InChI is InChI=1S/C17H17FN2O3S/c1-20-14(21)10-23-16(15(20)12-6-2-3-7-13(12)18)17(22)19-9-11-5-4-8-24-11/h2-8,15-16H,9-10H2,1H3,(H,19,22)/t15-,16+/m1/s1. The lowest BCUT2D eigenvalue weighted by molar-refractivity contribution is -0.162. The van der Waals surface area contributed by atoms with Gasteiger partial charge in [-0.25, -0.2) is 4.39 Å². The lowest BCUT2D eigenvalue weighted by atomic mass is 9.97. The maximum absolute atomic E-state index is 14.2. The molecule has 1 aromatic heterocycles. The van der Waals surface area contributed by atoms with E-state index in [0.29, 0.717) is 6.54 Å². The quantitative estimate of drug-likeness (QED) is 0.921. The summed E-state index contributed by atoms with van der Waals surface area (Å²) in [6, 6.07) is 9.13. The molecule has 0 unspecified atom stereocenters. The van der Waals surface area contributed by atoms with Crippen LogP contribution in [0.4, 0.5) is 4.39 Å². The van der Waals surface area contributed by atoms with Crippen molar-refractivity contribution in [3.05, 3.63) is 58.0 Å². The molecule has 0 saturated carbocycles. The second-order valence-electron chi connectivity index (χ2n) is 5.50. The van der Waals surface area contributed by atoms with E-state index in [0.717, 1.165) is 4.88 Å². The number of carbonyl (C=O) groups is 2. The van der Waals surface area contributed by atoms with Crippen LogP contribution in [0.5, 0.6) is 0 Å². The minimum atomic E-state index is -0.954. The smallest absolute Gasteiger partial charge is 0.251 e. The number of likely N-dealkylation sites (N-methyl/N-ethyl adjacent to an activating group) is 1. The monoisotopic (exact) mass is 348 g/mol. The molecule has 1 saturated heterocycles. The zero-order valence-corrected chi connectivity index (χ0v) is 13.9. The van der Waals surface area contributed by atoms with Crippen molar-refractivity contribution in [2.24, 2.45) is 0 Å². The molecule has 7 heteroatoms. The first-order valence-electron chi connectivity index (χ1n) is 7.49. The van der Waals surface area contributed by atoms with E-state index >= 15 is 0 Å². The summed E-state index contributed by atoms with van der Waals surface area (Å²) in [5.74, 6) is -1.12.